The van der Waals surface area contributed by atoms with Crippen molar-refractivity contribution in [3.8, 4) is 0 Å². The molecule has 0 aliphatic carbocycles. The lowest BCUT2D eigenvalue weighted by atomic mass is 10.2. The van der Waals surface area contributed by atoms with Crippen LogP contribution in [0.15, 0.2) is 29.2 Å². The molecule has 0 atom stereocenters. The van der Waals surface area contributed by atoms with Crippen LogP contribution in [0.25, 0.3) is 0 Å². The summed E-state index contributed by atoms with van der Waals surface area (Å²) in [6.07, 6.45) is 2.99. The number of hydrogen-bond donors (Lipinski definition) is 0. The monoisotopic (exact) mass is 239 g/mol. The smallest absolute Gasteiger partial charge is 0.243 e. The summed E-state index contributed by atoms with van der Waals surface area (Å²) in [5.74, 6) is 0. The van der Waals surface area contributed by atoms with Crippen molar-refractivity contribution in [1.82, 2.24) is 10.0 Å². The Balaban J connectivity index is 2.27. The van der Waals surface area contributed by atoms with Gasteiger partial charge in [-0.3, -0.25) is 0 Å². The van der Waals surface area contributed by atoms with Gasteiger partial charge in [0.25, 0.3) is 0 Å². The molecule has 1 aromatic carbocycles. The zero-order chi connectivity index (χ0) is 11.6. The largest absolute Gasteiger partial charge is 0.301 e. The van der Waals surface area contributed by atoms with E-state index in [9.17, 15) is 8.42 Å². The Bertz CT molecular complexity index is 447. The third-order valence-electron chi connectivity index (χ3n) is 2.81. The van der Waals surface area contributed by atoms with E-state index < -0.39 is 10.0 Å². The molecule has 87 valence electrons. The predicted octanol–water partition coefficient (Wildman–Crippen LogP) is 1.78. The van der Waals surface area contributed by atoms with Crippen molar-refractivity contribution < 1.29 is 8.42 Å². The number of rotatable bonds is 2. The Kier molecular flexibility index (Phi) is 3.16. The first-order chi connectivity index (χ1) is 7.60. The Morgan fingerprint density at radius 2 is 1.56 bits per heavy atom. The molecule has 16 heavy (non-hydrogen) atoms. The minimum Gasteiger partial charge on any atom is -0.301 e. The predicted molar refractivity (Wildman–Crippen MR) is 61.8 cm³/mol. The van der Waals surface area contributed by atoms with Gasteiger partial charge in [0, 0.05) is 13.1 Å². The standard InChI is InChI=1S/C11H15N2O2S/c12-10-4-6-11(7-5-10)16(14,15)13-8-2-1-3-9-13/h4-7,12H,1-3,8-9H2. The molecule has 0 saturated carbocycles. The van der Waals surface area contributed by atoms with Gasteiger partial charge in [-0.25, -0.2) is 8.42 Å². The highest BCUT2D eigenvalue weighted by Gasteiger charge is 2.25. The zero-order valence-corrected chi connectivity index (χ0v) is 9.83. The number of nitrogens with one attached hydrogen (secondary N) is 1. The topological polar surface area (TPSA) is 61.2 Å². The Morgan fingerprint density at radius 3 is 2.12 bits per heavy atom. The minimum absolute atomic E-state index is 0.297. The summed E-state index contributed by atoms with van der Waals surface area (Å²) < 4.78 is 25.9. The Labute approximate surface area is 96.1 Å². The van der Waals surface area contributed by atoms with Crippen molar-refractivity contribution in [3.05, 3.63) is 24.3 Å². The third-order valence-corrected chi connectivity index (χ3v) is 4.72. The van der Waals surface area contributed by atoms with Gasteiger partial charge in [-0.1, -0.05) is 6.42 Å². The first kappa shape index (κ1) is 11.4. The Morgan fingerprint density at radius 1 is 1.00 bits per heavy atom. The highest BCUT2D eigenvalue weighted by Crippen LogP contribution is 2.21. The maximum atomic E-state index is 12.2. The Hall–Kier alpha value is -1.07. The molecule has 5 heteroatoms. The fourth-order valence-corrected chi connectivity index (χ4v) is 3.40. The fraction of sp³-hybridized carbons (Fsp3) is 0.455. The van der Waals surface area contributed by atoms with E-state index in [-0.39, 0.29) is 0 Å². The van der Waals surface area contributed by atoms with Gasteiger partial charge in [0.2, 0.25) is 10.0 Å². The summed E-state index contributed by atoms with van der Waals surface area (Å²) in [5, 5.41) is 0. The van der Waals surface area contributed by atoms with Gasteiger partial charge in [0.05, 0.1) is 10.6 Å². The quantitative estimate of drug-likeness (QED) is 0.789. The van der Waals surface area contributed by atoms with Gasteiger partial charge in [-0.15, -0.1) is 0 Å². The lowest BCUT2D eigenvalue weighted by Gasteiger charge is -2.25. The average molecular weight is 239 g/mol. The molecule has 1 saturated heterocycles. The SMILES string of the molecule is [NH]c1ccc(S(=O)(=O)N2CCCCC2)cc1. The summed E-state index contributed by atoms with van der Waals surface area (Å²) in [5.41, 5.74) is 7.66. The molecule has 0 aromatic heterocycles. The normalized spacial score (nSPS) is 18.5. The molecule has 1 aliphatic rings. The average Bonchev–Trinajstić information content (AvgIpc) is 2.31. The molecule has 0 bridgehead atoms. The van der Waals surface area contributed by atoms with E-state index in [1.807, 2.05) is 0 Å². The molecule has 1 radical (unpaired) electrons. The summed E-state index contributed by atoms with van der Waals surface area (Å²) in [7, 11) is -3.33. The number of sulfonamides is 1. The van der Waals surface area contributed by atoms with E-state index in [0.29, 0.717) is 23.7 Å². The van der Waals surface area contributed by atoms with Gasteiger partial charge in [0.15, 0.2) is 0 Å². The molecule has 1 N–H and O–H groups in total. The fourth-order valence-electron chi connectivity index (χ4n) is 1.88. The summed E-state index contributed by atoms with van der Waals surface area (Å²) in [4.78, 5) is 0.297. The van der Waals surface area contributed by atoms with Crippen molar-refractivity contribution in [2.24, 2.45) is 0 Å². The lowest BCUT2D eigenvalue weighted by Crippen LogP contribution is -2.35. The number of nitrogens with zero attached hydrogens (tertiary/aromatic N) is 1. The second-order valence-corrected chi connectivity index (χ2v) is 5.93. The van der Waals surface area contributed by atoms with Crippen molar-refractivity contribution in [2.75, 3.05) is 13.1 Å². The van der Waals surface area contributed by atoms with Crippen LogP contribution < -0.4 is 5.73 Å². The molecule has 1 aromatic rings. The second-order valence-electron chi connectivity index (χ2n) is 3.99. The number of hydrogen-bond acceptors (Lipinski definition) is 2. The first-order valence-electron chi connectivity index (χ1n) is 5.42. The van der Waals surface area contributed by atoms with E-state index in [2.05, 4.69) is 0 Å². The summed E-state index contributed by atoms with van der Waals surface area (Å²) in [6, 6.07) is 6.03. The number of piperidine rings is 1. The van der Waals surface area contributed by atoms with Crippen LogP contribution in [-0.4, -0.2) is 25.8 Å². The van der Waals surface area contributed by atoms with Crippen LogP contribution >= 0.6 is 0 Å². The van der Waals surface area contributed by atoms with E-state index >= 15 is 0 Å². The highest BCUT2D eigenvalue weighted by atomic mass is 32.2. The van der Waals surface area contributed by atoms with Crippen molar-refractivity contribution in [3.63, 3.8) is 0 Å². The van der Waals surface area contributed by atoms with Crippen molar-refractivity contribution >= 4 is 15.7 Å². The number of benzene rings is 1. The summed E-state index contributed by atoms with van der Waals surface area (Å²) >= 11 is 0. The molecular formula is C11H15N2O2S. The van der Waals surface area contributed by atoms with Gasteiger partial charge < -0.3 is 5.73 Å². The molecule has 2 rings (SSSR count). The highest BCUT2D eigenvalue weighted by molar-refractivity contribution is 7.89. The summed E-state index contributed by atoms with van der Waals surface area (Å²) in [6.45, 7) is 1.23. The van der Waals surface area contributed by atoms with E-state index in [4.69, 9.17) is 5.73 Å². The van der Waals surface area contributed by atoms with Gasteiger partial charge in [-0.2, -0.15) is 4.31 Å². The zero-order valence-electron chi connectivity index (χ0n) is 9.02. The third kappa shape index (κ3) is 2.20. The van der Waals surface area contributed by atoms with E-state index in [1.165, 1.54) is 28.6 Å². The molecule has 0 spiro atoms. The minimum atomic E-state index is -3.33. The first-order valence-corrected chi connectivity index (χ1v) is 6.86. The molecule has 0 amide bonds. The maximum Gasteiger partial charge on any atom is 0.243 e. The van der Waals surface area contributed by atoms with Crippen LogP contribution in [0.3, 0.4) is 0 Å². The van der Waals surface area contributed by atoms with Crippen LogP contribution in [0.2, 0.25) is 0 Å². The van der Waals surface area contributed by atoms with E-state index in [0.717, 1.165) is 19.3 Å². The maximum absolute atomic E-state index is 12.2. The van der Waals surface area contributed by atoms with Crippen LogP contribution in [0, 0.1) is 0 Å². The molecule has 1 fully saturated rings. The molecule has 0 unspecified atom stereocenters. The molecule has 4 nitrogen and oxygen atoms in total. The van der Waals surface area contributed by atoms with E-state index in [1.54, 1.807) is 0 Å². The van der Waals surface area contributed by atoms with Gasteiger partial charge in [0.1, 0.15) is 0 Å². The molecule has 1 heterocycles. The van der Waals surface area contributed by atoms with Crippen LogP contribution in [0.5, 0.6) is 0 Å². The molecule has 1 aliphatic heterocycles. The van der Waals surface area contributed by atoms with Crippen molar-refractivity contribution in [1.29, 1.82) is 0 Å². The lowest BCUT2D eigenvalue weighted by molar-refractivity contribution is 0.346. The van der Waals surface area contributed by atoms with Crippen LogP contribution in [0.1, 0.15) is 19.3 Å². The second kappa shape index (κ2) is 4.43. The van der Waals surface area contributed by atoms with Gasteiger partial charge >= 0.3 is 0 Å². The van der Waals surface area contributed by atoms with Crippen LogP contribution in [0.4, 0.5) is 5.69 Å². The van der Waals surface area contributed by atoms with Crippen molar-refractivity contribution in [2.45, 2.75) is 24.2 Å². The molecular weight excluding hydrogens is 224 g/mol. The van der Waals surface area contributed by atoms with Gasteiger partial charge in [-0.05, 0) is 37.1 Å². The van der Waals surface area contributed by atoms with Crippen LogP contribution in [-0.2, 0) is 10.0 Å².